The minimum absolute atomic E-state index is 0.155. The number of benzene rings is 2. The van der Waals surface area contributed by atoms with Crippen LogP contribution in [0.2, 0.25) is 0 Å². The van der Waals surface area contributed by atoms with E-state index in [0.29, 0.717) is 13.1 Å². The average molecular weight is 338 g/mol. The number of quaternary nitrogens is 1. The molecule has 25 heavy (non-hydrogen) atoms. The van der Waals surface area contributed by atoms with Crippen molar-refractivity contribution in [2.24, 2.45) is 0 Å². The van der Waals surface area contributed by atoms with Gasteiger partial charge in [-0.1, -0.05) is 79.9 Å². The Labute approximate surface area is 150 Å². The van der Waals surface area contributed by atoms with E-state index in [-0.39, 0.29) is 6.61 Å². The monoisotopic (exact) mass is 338 g/mol. The lowest BCUT2D eigenvalue weighted by Crippen LogP contribution is -3.12. The first kappa shape index (κ1) is 19.2. The minimum atomic E-state index is -1.32. The van der Waals surface area contributed by atoms with Gasteiger partial charge in [0, 0.05) is 11.1 Å². The van der Waals surface area contributed by atoms with Crippen LogP contribution in [0.4, 0.5) is 0 Å². The van der Waals surface area contributed by atoms with Gasteiger partial charge in [0.25, 0.3) is 0 Å². The number of hydrogen-bond donors (Lipinski definition) is 3. The van der Waals surface area contributed by atoms with Crippen LogP contribution >= 0.6 is 0 Å². The first-order chi connectivity index (χ1) is 12.2. The van der Waals surface area contributed by atoms with Crippen molar-refractivity contribution in [3.63, 3.8) is 0 Å². The predicted octanol–water partition coefficient (Wildman–Crippen LogP) is 1.60. The molecule has 0 amide bonds. The largest absolute Gasteiger partial charge is 0.391 e. The highest BCUT2D eigenvalue weighted by Gasteiger charge is 2.29. The molecule has 0 heterocycles. The van der Waals surface area contributed by atoms with E-state index in [2.05, 4.69) is 18.8 Å². The van der Waals surface area contributed by atoms with Crippen LogP contribution in [0.3, 0.4) is 0 Å². The number of unbranched alkanes of at least 4 members (excludes halogenated alkanes) is 1. The van der Waals surface area contributed by atoms with E-state index in [0.717, 1.165) is 30.5 Å². The molecule has 0 aromatic heterocycles. The van der Waals surface area contributed by atoms with Gasteiger partial charge in [-0.2, -0.15) is 0 Å². The van der Waals surface area contributed by atoms with Gasteiger partial charge in [-0.15, -0.1) is 0 Å². The Kier molecular flexibility index (Phi) is 7.69. The number of aliphatic hydroxyl groups is 2. The fourth-order valence-corrected chi connectivity index (χ4v) is 2.85. The Morgan fingerprint density at radius 2 is 1.48 bits per heavy atom. The summed E-state index contributed by atoms with van der Waals surface area (Å²) in [6.45, 7) is 4.60. The summed E-state index contributed by atoms with van der Waals surface area (Å²) in [7, 11) is 0. The molecule has 3 heteroatoms. The van der Waals surface area contributed by atoms with Gasteiger partial charge in [-0.05, 0) is 12.3 Å². The number of nitrogens with one attached hydrogen (secondary N) is 1. The lowest BCUT2D eigenvalue weighted by molar-refractivity contribution is -0.893. The summed E-state index contributed by atoms with van der Waals surface area (Å²) in [6, 6.07) is 19.1. The van der Waals surface area contributed by atoms with Crippen LogP contribution in [0.5, 0.6) is 0 Å². The molecule has 0 aliphatic carbocycles. The molecule has 0 spiro atoms. The van der Waals surface area contributed by atoms with Crippen molar-refractivity contribution in [3.8, 4) is 11.8 Å². The summed E-state index contributed by atoms with van der Waals surface area (Å²) >= 11 is 0. The van der Waals surface area contributed by atoms with E-state index in [1.165, 1.54) is 4.90 Å². The molecule has 0 radical (unpaired) electrons. The molecule has 0 bridgehead atoms. The van der Waals surface area contributed by atoms with Gasteiger partial charge < -0.3 is 15.1 Å². The SMILES string of the molecule is CCCC[NH+](CC#CC(O)(c1ccccc1)c1ccccc1)CCO. The van der Waals surface area contributed by atoms with Crippen LogP contribution in [-0.4, -0.2) is 36.5 Å². The molecular weight excluding hydrogens is 310 g/mol. The molecule has 0 aliphatic heterocycles. The van der Waals surface area contributed by atoms with Gasteiger partial charge in [-0.3, -0.25) is 0 Å². The van der Waals surface area contributed by atoms with Gasteiger partial charge in [0.1, 0.15) is 13.1 Å². The van der Waals surface area contributed by atoms with Crippen molar-refractivity contribution in [2.75, 3.05) is 26.2 Å². The molecule has 3 nitrogen and oxygen atoms in total. The van der Waals surface area contributed by atoms with Crippen molar-refractivity contribution in [1.29, 1.82) is 0 Å². The first-order valence-electron chi connectivity index (χ1n) is 8.98. The smallest absolute Gasteiger partial charge is 0.177 e. The summed E-state index contributed by atoms with van der Waals surface area (Å²) < 4.78 is 0. The lowest BCUT2D eigenvalue weighted by Gasteiger charge is -2.23. The Morgan fingerprint density at radius 1 is 0.920 bits per heavy atom. The molecule has 2 aromatic rings. The minimum Gasteiger partial charge on any atom is -0.391 e. The zero-order valence-corrected chi connectivity index (χ0v) is 14.9. The Morgan fingerprint density at radius 3 is 1.96 bits per heavy atom. The summed E-state index contributed by atoms with van der Waals surface area (Å²) in [5, 5.41) is 20.6. The fraction of sp³-hybridized carbons (Fsp3) is 0.364. The zero-order valence-electron chi connectivity index (χ0n) is 14.9. The standard InChI is InChI=1S/C22H27NO2/c1-2-3-16-23(18-19-24)17-10-15-22(25,20-11-6-4-7-12-20)21-13-8-5-9-14-21/h4-9,11-14,24-25H,2-3,16-19H2,1H3/p+1. The van der Waals surface area contributed by atoms with Crippen LogP contribution in [0.15, 0.2) is 60.7 Å². The van der Waals surface area contributed by atoms with E-state index in [9.17, 15) is 10.2 Å². The highest BCUT2D eigenvalue weighted by molar-refractivity contribution is 5.44. The maximum atomic E-state index is 11.3. The summed E-state index contributed by atoms with van der Waals surface area (Å²) in [6.07, 6.45) is 2.24. The van der Waals surface area contributed by atoms with Gasteiger partial charge in [0.05, 0.1) is 13.2 Å². The molecule has 0 saturated carbocycles. The van der Waals surface area contributed by atoms with E-state index < -0.39 is 5.60 Å². The summed E-state index contributed by atoms with van der Waals surface area (Å²) in [5.74, 6) is 6.27. The Hall–Kier alpha value is -2.12. The van der Waals surface area contributed by atoms with Crippen LogP contribution in [0.25, 0.3) is 0 Å². The van der Waals surface area contributed by atoms with Crippen molar-refractivity contribution < 1.29 is 15.1 Å². The van der Waals surface area contributed by atoms with E-state index in [1.807, 2.05) is 60.7 Å². The third-order valence-corrected chi connectivity index (χ3v) is 4.34. The Bertz CT molecular complexity index is 634. The Balaban J connectivity index is 2.26. The second-order valence-corrected chi connectivity index (χ2v) is 6.25. The number of rotatable bonds is 8. The second-order valence-electron chi connectivity index (χ2n) is 6.25. The van der Waals surface area contributed by atoms with Crippen molar-refractivity contribution >= 4 is 0 Å². The van der Waals surface area contributed by atoms with Gasteiger partial charge in [0.2, 0.25) is 0 Å². The fourth-order valence-electron chi connectivity index (χ4n) is 2.85. The van der Waals surface area contributed by atoms with Gasteiger partial charge in [0.15, 0.2) is 5.60 Å². The maximum Gasteiger partial charge on any atom is 0.177 e. The zero-order chi connectivity index (χ0) is 18.0. The van der Waals surface area contributed by atoms with Crippen LogP contribution in [-0.2, 0) is 5.60 Å². The first-order valence-corrected chi connectivity index (χ1v) is 8.98. The summed E-state index contributed by atoms with van der Waals surface area (Å²) in [4.78, 5) is 1.25. The third kappa shape index (κ3) is 5.44. The van der Waals surface area contributed by atoms with E-state index in [1.54, 1.807) is 0 Å². The maximum absolute atomic E-state index is 11.3. The van der Waals surface area contributed by atoms with Gasteiger partial charge >= 0.3 is 0 Å². The number of aliphatic hydroxyl groups excluding tert-OH is 1. The second kappa shape index (κ2) is 10.0. The molecular formula is C22H28NO2+. The summed E-state index contributed by atoms with van der Waals surface area (Å²) in [5.41, 5.74) is 0.217. The van der Waals surface area contributed by atoms with Crippen molar-refractivity contribution in [1.82, 2.24) is 0 Å². The topological polar surface area (TPSA) is 44.9 Å². The molecule has 1 unspecified atom stereocenters. The van der Waals surface area contributed by atoms with Crippen molar-refractivity contribution in [2.45, 2.75) is 25.4 Å². The highest BCUT2D eigenvalue weighted by atomic mass is 16.3. The van der Waals surface area contributed by atoms with Crippen LogP contribution in [0, 0.1) is 11.8 Å². The van der Waals surface area contributed by atoms with Gasteiger partial charge in [-0.25, -0.2) is 0 Å². The normalized spacial score (nSPS) is 12.3. The molecule has 0 aliphatic rings. The van der Waals surface area contributed by atoms with Crippen LogP contribution < -0.4 is 4.90 Å². The quantitative estimate of drug-likeness (QED) is 0.640. The third-order valence-electron chi connectivity index (χ3n) is 4.34. The molecule has 0 fully saturated rings. The predicted molar refractivity (Wildman–Crippen MR) is 101 cm³/mol. The molecule has 132 valence electrons. The van der Waals surface area contributed by atoms with Crippen LogP contribution in [0.1, 0.15) is 30.9 Å². The molecule has 1 atom stereocenters. The average Bonchev–Trinajstić information content (AvgIpc) is 2.67. The molecule has 2 aromatic carbocycles. The molecule has 0 saturated heterocycles. The van der Waals surface area contributed by atoms with E-state index in [4.69, 9.17) is 0 Å². The molecule has 3 N–H and O–H groups in total. The van der Waals surface area contributed by atoms with Crippen molar-refractivity contribution in [3.05, 3.63) is 71.8 Å². The van der Waals surface area contributed by atoms with E-state index >= 15 is 0 Å². The number of hydrogen-bond acceptors (Lipinski definition) is 2. The highest BCUT2D eigenvalue weighted by Crippen LogP contribution is 2.28. The molecule has 2 rings (SSSR count). The lowest BCUT2D eigenvalue weighted by atomic mass is 9.87.